The van der Waals surface area contributed by atoms with E-state index in [4.69, 9.17) is 14.2 Å². The number of hydrogen-bond acceptors (Lipinski definition) is 6. The van der Waals surface area contributed by atoms with Crippen LogP contribution in [0.4, 0.5) is 4.39 Å². The van der Waals surface area contributed by atoms with Crippen molar-refractivity contribution in [1.82, 2.24) is 9.55 Å². The van der Waals surface area contributed by atoms with Gasteiger partial charge in [0, 0.05) is 12.3 Å². The molecule has 0 spiro atoms. The molecule has 1 aromatic carbocycles. The molecule has 1 fully saturated rings. The van der Waals surface area contributed by atoms with E-state index < -0.39 is 42.0 Å². The van der Waals surface area contributed by atoms with Crippen molar-refractivity contribution in [3.05, 3.63) is 62.9 Å². The second kappa shape index (κ2) is 7.63. The van der Waals surface area contributed by atoms with Crippen molar-refractivity contribution in [1.29, 1.82) is 0 Å². The Balaban J connectivity index is 1.81. The molecule has 0 amide bonds. The van der Waals surface area contributed by atoms with Crippen molar-refractivity contribution in [2.45, 2.75) is 37.6 Å². The van der Waals surface area contributed by atoms with Crippen molar-refractivity contribution in [3.8, 4) is 5.75 Å². The summed E-state index contributed by atoms with van der Waals surface area (Å²) >= 11 is 0. The molecule has 0 aliphatic carbocycles. The number of halogens is 1. The molecule has 4 atom stereocenters. The van der Waals surface area contributed by atoms with Crippen molar-refractivity contribution in [2.24, 2.45) is 0 Å². The van der Waals surface area contributed by atoms with Gasteiger partial charge in [-0.05, 0) is 24.6 Å². The van der Waals surface area contributed by atoms with Gasteiger partial charge in [0.05, 0.1) is 20.3 Å². The summed E-state index contributed by atoms with van der Waals surface area (Å²) in [6.07, 6.45) is -2.28. The number of hydrogen-bond donors (Lipinski definition) is 2. The van der Waals surface area contributed by atoms with Crippen molar-refractivity contribution < 1.29 is 23.7 Å². The molecule has 8 nitrogen and oxygen atoms in total. The summed E-state index contributed by atoms with van der Waals surface area (Å²) < 4.78 is 32.8. The highest BCUT2D eigenvalue weighted by Crippen LogP contribution is 2.42. The van der Waals surface area contributed by atoms with Gasteiger partial charge < -0.3 is 19.3 Å². The fourth-order valence-electron chi connectivity index (χ4n) is 3.14. The smallest absolute Gasteiger partial charge is 0.330 e. The van der Waals surface area contributed by atoms with Crippen LogP contribution in [0.15, 0.2) is 46.1 Å². The maximum absolute atomic E-state index is 15.5. The van der Waals surface area contributed by atoms with Gasteiger partial charge in [-0.25, -0.2) is 9.18 Å². The Kier molecular flexibility index (Phi) is 5.45. The van der Waals surface area contributed by atoms with Crippen LogP contribution in [0.3, 0.4) is 0 Å². The van der Waals surface area contributed by atoms with Crippen molar-refractivity contribution >= 4 is 0 Å². The lowest BCUT2D eigenvalue weighted by Gasteiger charge is -2.28. The van der Waals surface area contributed by atoms with Crippen LogP contribution in [0.2, 0.25) is 0 Å². The third-order valence-corrected chi connectivity index (χ3v) is 4.55. The monoisotopic (exact) mass is 380 g/mol. The summed E-state index contributed by atoms with van der Waals surface area (Å²) in [5.41, 5.74) is -2.74. The van der Waals surface area contributed by atoms with Gasteiger partial charge in [-0.15, -0.1) is 0 Å². The molecule has 0 saturated carbocycles. The number of aliphatic hydroxyl groups is 1. The second-order valence-corrected chi connectivity index (χ2v) is 6.46. The van der Waals surface area contributed by atoms with E-state index in [2.05, 4.69) is 4.98 Å². The Labute approximate surface area is 154 Å². The van der Waals surface area contributed by atoms with E-state index in [0.717, 1.165) is 22.4 Å². The minimum Gasteiger partial charge on any atom is -0.497 e. The normalized spacial score (nSPS) is 27.6. The molecule has 0 radical (unpaired) electrons. The van der Waals surface area contributed by atoms with Crippen LogP contribution in [0, 0.1) is 0 Å². The number of aliphatic hydroxyl groups excluding tert-OH is 1. The van der Waals surface area contributed by atoms with Crippen molar-refractivity contribution in [2.75, 3.05) is 13.7 Å². The molecule has 2 heterocycles. The Bertz CT molecular complexity index is 892. The number of nitrogens with zero attached hydrogens (tertiary/aromatic N) is 1. The van der Waals surface area contributed by atoms with Gasteiger partial charge in [0.25, 0.3) is 5.56 Å². The van der Waals surface area contributed by atoms with Gasteiger partial charge >= 0.3 is 5.69 Å². The number of nitrogens with one attached hydrogen (secondary N) is 1. The molecule has 9 heteroatoms. The standard InChI is InChI=1S/C18H21FN2O6/c1-18(19)15(26-10-11-3-5-12(25-2)6-4-11)13(9-22)27-16(18)21-8-7-14(23)20-17(21)24/h3-8,13,15-16,22H,9-10H2,1-2H3,(H,20,23,24)/t13-,15-,16-,18-/m1/s1. The molecule has 1 aromatic heterocycles. The van der Waals surface area contributed by atoms with E-state index in [9.17, 15) is 14.7 Å². The summed E-state index contributed by atoms with van der Waals surface area (Å²) in [6.45, 7) is 0.840. The predicted octanol–water partition coefficient (Wildman–Crippen LogP) is 0.748. The van der Waals surface area contributed by atoms with Gasteiger partial charge in [0.2, 0.25) is 0 Å². The molecule has 27 heavy (non-hydrogen) atoms. The third kappa shape index (κ3) is 3.80. The fourth-order valence-corrected chi connectivity index (χ4v) is 3.14. The molecule has 1 saturated heterocycles. The number of benzene rings is 1. The predicted molar refractivity (Wildman–Crippen MR) is 93.4 cm³/mol. The van der Waals surface area contributed by atoms with Gasteiger partial charge in [0.15, 0.2) is 11.9 Å². The highest BCUT2D eigenvalue weighted by atomic mass is 19.1. The maximum Gasteiger partial charge on any atom is 0.330 e. The Morgan fingerprint density at radius 1 is 1.30 bits per heavy atom. The van der Waals surface area contributed by atoms with E-state index >= 15 is 4.39 Å². The van der Waals surface area contributed by atoms with Crippen LogP contribution in [-0.4, -0.2) is 46.3 Å². The molecule has 0 bridgehead atoms. The molecule has 2 aromatic rings. The number of aromatic amines is 1. The van der Waals surface area contributed by atoms with Crippen LogP contribution >= 0.6 is 0 Å². The summed E-state index contributed by atoms with van der Waals surface area (Å²) in [7, 11) is 1.56. The first kappa shape index (κ1) is 19.3. The molecular weight excluding hydrogens is 359 g/mol. The number of methoxy groups -OCH3 is 1. The number of aromatic nitrogens is 2. The van der Waals surface area contributed by atoms with Gasteiger partial charge in [0.1, 0.15) is 18.0 Å². The minimum atomic E-state index is -2.12. The Hall–Kier alpha value is -2.49. The second-order valence-electron chi connectivity index (χ2n) is 6.46. The molecule has 1 aliphatic rings. The topological polar surface area (TPSA) is 103 Å². The third-order valence-electron chi connectivity index (χ3n) is 4.55. The van der Waals surface area contributed by atoms with Gasteiger partial charge in [-0.3, -0.25) is 14.3 Å². The number of rotatable bonds is 6. The first-order chi connectivity index (χ1) is 12.9. The van der Waals surface area contributed by atoms with Crippen LogP contribution in [-0.2, 0) is 16.1 Å². The number of ether oxygens (including phenoxy) is 3. The molecule has 0 unspecified atom stereocenters. The molecule has 2 N–H and O–H groups in total. The zero-order valence-corrected chi connectivity index (χ0v) is 14.9. The number of H-pyrrole nitrogens is 1. The van der Waals surface area contributed by atoms with Crippen molar-refractivity contribution in [3.63, 3.8) is 0 Å². The van der Waals surface area contributed by atoms with E-state index in [1.54, 1.807) is 31.4 Å². The minimum absolute atomic E-state index is 0.0846. The van der Waals surface area contributed by atoms with Crippen LogP contribution < -0.4 is 16.0 Å². The summed E-state index contributed by atoms with van der Waals surface area (Å²) in [5, 5.41) is 9.58. The first-order valence-corrected chi connectivity index (χ1v) is 8.38. The molecule has 146 valence electrons. The number of alkyl halides is 1. The van der Waals surface area contributed by atoms with Gasteiger partial charge in [-0.1, -0.05) is 12.1 Å². The lowest BCUT2D eigenvalue weighted by Crippen LogP contribution is -2.45. The first-order valence-electron chi connectivity index (χ1n) is 8.38. The lowest BCUT2D eigenvalue weighted by atomic mass is 9.98. The largest absolute Gasteiger partial charge is 0.497 e. The van der Waals surface area contributed by atoms with E-state index in [-0.39, 0.29) is 6.61 Å². The zero-order valence-electron chi connectivity index (χ0n) is 14.9. The molecule has 1 aliphatic heterocycles. The highest BCUT2D eigenvalue weighted by Gasteiger charge is 2.56. The highest BCUT2D eigenvalue weighted by molar-refractivity contribution is 5.26. The Morgan fingerprint density at radius 2 is 2.00 bits per heavy atom. The van der Waals surface area contributed by atoms with Gasteiger partial charge in [-0.2, -0.15) is 0 Å². The maximum atomic E-state index is 15.5. The zero-order chi connectivity index (χ0) is 19.6. The molecular formula is C18H21FN2O6. The van der Waals surface area contributed by atoms with Crippen LogP contribution in [0.1, 0.15) is 18.7 Å². The lowest BCUT2D eigenvalue weighted by molar-refractivity contribution is -0.0676. The summed E-state index contributed by atoms with van der Waals surface area (Å²) in [4.78, 5) is 25.3. The summed E-state index contributed by atoms with van der Waals surface area (Å²) in [5.74, 6) is 0.684. The van der Waals surface area contributed by atoms with E-state index in [0.29, 0.717) is 5.75 Å². The average molecular weight is 380 g/mol. The molecule has 3 rings (SSSR count). The average Bonchev–Trinajstić information content (AvgIpc) is 2.90. The van der Waals surface area contributed by atoms with E-state index in [1.807, 2.05) is 0 Å². The summed E-state index contributed by atoms with van der Waals surface area (Å²) in [6, 6.07) is 8.17. The quantitative estimate of drug-likeness (QED) is 0.767. The van der Waals surface area contributed by atoms with E-state index in [1.165, 1.54) is 6.92 Å². The SMILES string of the molecule is COc1ccc(CO[C@@H]2[C@@H](CO)O[C@@H](n3ccc(=O)[nH]c3=O)[C@]2(C)F)cc1. The van der Waals surface area contributed by atoms with Crippen LogP contribution in [0.25, 0.3) is 0 Å². The Morgan fingerprint density at radius 3 is 2.59 bits per heavy atom. The fraction of sp³-hybridized carbons (Fsp3) is 0.444. The van der Waals surface area contributed by atoms with Crippen LogP contribution in [0.5, 0.6) is 5.75 Å².